The van der Waals surface area contributed by atoms with Gasteiger partial charge in [-0.1, -0.05) is 0 Å². The van der Waals surface area contributed by atoms with Gasteiger partial charge in [-0.25, -0.2) is 8.42 Å². The van der Waals surface area contributed by atoms with E-state index in [2.05, 4.69) is 5.32 Å². The fourth-order valence-corrected chi connectivity index (χ4v) is 3.44. The minimum absolute atomic E-state index is 0.257. The number of hydrogen-bond donors (Lipinski definition) is 1. The molecule has 2 heterocycles. The quantitative estimate of drug-likeness (QED) is 0.900. The maximum atomic E-state index is 11.2. The van der Waals surface area contributed by atoms with Crippen LogP contribution in [0.1, 0.15) is 18.6 Å². The van der Waals surface area contributed by atoms with E-state index in [-0.39, 0.29) is 17.5 Å². The molecule has 6 heteroatoms. The molecule has 1 aliphatic rings. The van der Waals surface area contributed by atoms with E-state index in [0.29, 0.717) is 24.6 Å². The zero-order chi connectivity index (χ0) is 11.6. The van der Waals surface area contributed by atoms with Crippen molar-refractivity contribution in [1.29, 1.82) is 0 Å². The Morgan fingerprint density at radius 3 is 2.62 bits per heavy atom. The first-order valence-electron chi connectivity index (χ1n) is 5.23. The van der Waals surface area contributed by atoms with E-state index in [9.17, 15) is 8.42 Å². The maximum Gasteiger partial charge on any atom is 0.193 e. The van der Waals surface area contributed by atoms with Gasteiger partial charge in [-0.05, 0) is 36.6 Å². The highest BCUT2D eigenvalue weighted by Gasteiger charge is 2.23. The Hall–Kier alpha value is -0.520. The van der Waals surface area contributed by atoms with Crippen LogP contribution in [0.2, 0.25) is 5.22 Å². The van der Waals surface area contributed by atoms with Crippen molar-refractivity contribution in [3.8, 4) is 0 Å². The van der Waals surface area contributed by atoms with E-state index in [1.54, 1.807) is 6.07 Å². The second kappa shape index (κ2) is 4.77. The number of hydrogen-bond acceptors (Lipinski definition) is 4. The topological polar surface area (TPSA) is 59.3 Å². The summed E-state index contributed by atoms with van der Waals surface area (Å²) < 4.78 is 27.6. The first-order valence-corrected chi connectivity index (χ1v) is 7.43. The number of rotatable bonds is 3. The highest BCUT2D eigenvalue weighted by atomic mass is 35.5. The summed E-state index contributed by atoms with van der Waals surface area (Å²) in [6.07, 6.45) is 1.35. The summed E-state index contributed by atoms with van der Waals surface area (Å²) in [6, 6.07) is 3.77. The van der Waals surface area contributed by atoms with Gasteiger partial charge in [0.05, 0.1) is 18.1 Å². The van der Waals surface area contributed by atoms with Crippen LogP contribution in [-0.2, 0) is 16.4 Å². The molecule has 0 radical (unpaired) electrons. The zero-order valence-corrected chi connectivity index (χ0v) is 10.4. The van der Waals surface area contributed by atoms with Crippen molar-refractivity contribution >= 4 is 21.4 Å². The van der Waals surface area contributed by atoms with E-state index in [0.717, 1.165) is 5.76 Å². The van der Waals surface area contributed by atoms with Crippen molar-refractivity contribution in [2.75, 3.05) is 11.5 Å². The Balaban J connectivity index is 1.80. The molecular weight excluding hydrogens is 250 g/mol. The third kappa shape index (κ3) is 3.23. The summed E-state index contributed by atoms with van der Waals surface area (Å²) in [6.45, 7) is 0.595. The van der Waals surface area contributed by atoms with Crippen LogP contribution in [0.15, 0.2) is 16.5 Å². The van der Waals surface area contributed by atoms with Gasteiger partial charge in [0.2, 0.25) is 0 Å². The molecule has 4 nitrogen and oxygen atoms in total. The molecule has 1 N–H and O–H groups in total. The Morgan fingerprint density at radius 1 is 1.38 bits per heavy atom. The van der Waals surface area contributed by atoms with E-state index in [1.807, 2.05) is 6.07 Å². The molecule has 0 saturated carbocycles. The fraction of sp³-hybridized carbons (Fsp3) is 0.600. The molecule has 0 atom stereocenters. The van der Waals surface area contributed by atoms with Crippen molar-refractivity contribution in [1.82, 2.24) is 5.32 Å². The van der Waals surface area contributed by atoms with Crippen molar-refractivity contribution in [2.45, 2.75) is 25.4 Å². The number of nitrogens with one attached hydrogen (secondary N) is 1. The molecule has 90 valence electrons. The van der Waals surface area contributed by atoms with E-state index >= 15 is 0 Å². The SMILES string of the molecule is O=S1(=O)CCC(NCc2ccc(Cl)o2)CC1. The van der Waals surface area contributed by atoms with Gasteiger partial charge in [0.1, 0.15) is 15.6 Å². The van der Waals surface area contributed by atoms with Crippen LogP contribution >= 0.6 is 11.6 Å². The molecule has 0 unspecified atom stereocenters. The van der Waals surface area contributed by atoms with Crippen LogP contribution < -0.4 is 5.32 Å². The standard InChI is InChI=1S/C10H14ClNO3S/c11-10-2-1-9(15-10)7-12-8-3-5-16(13,14)6-4-8/h1-2,8,12H,3-7H2. The molecule has 1 aromatic rings. The molecule has 1 fully saturated rings. The molecular formula is C10H14ClNO3S. The van der Waals surface area contributed by atoms with Gasteiger partial charge in [0.25, 0.3) is 0 Å². The Bertz CT molecular complexity index is 440. The van der Waals surface area contributed by atoms with Gasteiger partial charge in [0.15, 0.2) is 5.22 Å². The third-order valence-electron chi connectivity index (χ3n) is 2.75. The third-order valence-corrected chi connectivity index (χ3v) is 4.67. The first-order chi connectivity index (χ1) is 7.55. The van der Waals surface area contributed by atoms with Crippen molar-refractivity contribution < 1.29 is 12.8 Å². The van der Waals surface area contributed by atoms with E-state index < -0.39 is 9.84 Å². The average molecular weight is 264 g/mol. The summed E-state index contributed by atoms with van der Waals surface area (Å²) >= 11 is 5.65. The van der Waals surface area contributed by atoms with E-state index in [1.165, 1.54) is 0 Å². The average Bonchev–Trinajstić information content (AvgIpc) is 2.63. The Kier molecular flexibility index (Phi) is 3.56. The molecule has 0 bridgehead atoms. The van der Waals surface area contributed by atoms with Crippen LogP contribution in [0.3, 0.4) is 0 Å². The van der Waals surface area contributed by atoms with E-state index in [4.69, 9.17) is 16.0 Å². The smallest absolute Gasteiger partial charge is 0.193 e. The molecule has 1 saturated heterocycles. The van der Waals surface area contributed by atoms with Crippen LogP contribution in [0, 0.1) is 0 Å². The molecule has 1 aliphatic heterocycles. The predicted molar refractivity (Wildman–Crippen MR) is 62.2 cm³/mol. The molecule has 0 aliphatic carbocycles. The number of halogens is 1. The van der Waals surface area contributed by atoms with Crippen molar-refractivity contribution in [3.63, 3.8) is 0 Å². The van der Waals surface area contributed by atoms with Crippen LogP contribution in [0.5, 0.6) is 0 Å². The molecule has 0 amide bonds. The Morgan fingerprint density at radius 2 is 2.06 bits per heavy atom. The minimum atomic E-state index is -2.78. The van der Waals surface area contributed by atoms with Gasteiger partial charge < -0.3 is 9.73 Å². The van der Waals surface area contributed by atoms with Crippen LogP contribution in [-0.4, -0.2) is 26.0 Å². The van der Waals surface area contributed by atoms with Crippen LogP contribution in [0.4, 0.5) is 0 Å². The summed E-state index contributed by atoms with van der Waals surface area (Å²) in [5.74, 6) is 1.34. The monoisotopic (exact) mass is 263 g/mol. The lowest BCUT2D eigenvalue weighted by Crippen LogP contribution is -2.37. The van der Waals surface area contributed by atoms with Crippen LogP contribution in [0.25, 0.3) is 0 Å². The number of sulfone groups is 1. The lowest BCUT2D eigenvalue weighted by Gasteiger charge is -2.22. The molecule has 0 aromatic carbocycles. The summed E-state index contributed by atoms with van der Waals surface area (Å²) in [5.41, 5.74) is 0. The van der Waals surface area contributed by atoms with Gasteiger partial charge in [-0.2, -0.15) is 0 Å². The highest BCUT2D eigenvalue weighted by molar-refractivity contribution is 7.91. The summed E-state index contributed by atoms with van der Waals surface area (Å²) in [4.78, 5) is 0. The minimum Gasteiger partial charge on any atom is -0.448 e. The zero-order valence-electron chi connectivity index (χ0n) is 8.78. The second-order valence-corrected chi connectivity index (χ2v) is 6.69. The number of furan rings is 1. The summed E-state index contributed by atoms with van der Waals surface area (Å²) in [5, 5.41) is 3.65. The fourth-order valence-electron chi connectivity index (χ4n) is 1.79. The first kappa shape index (κ1) is 12.0. The lowest BCUT2D eigenvalue weighted by atomic mass is 10.1. The van der Waals surface area contributed by atoms with Gasteiger partial charge in [-0.15, -0.1) is 0 Å². The van der Waals surface area contributed by atoms with Crippen molar-refractivity contribution in [2.24, 2.45) is 0 Å². The van der Waals surface area contributed by atoms with Gasteiger partial charge in [0, 0.05) is 6.04 Å². The van der Waals surface area contributed by atoms with Crippen molar-refractivity contribution in [3.05, 3.63) is 23.1 Å². The Labute approximate surface area is 99.9 Å². The van der Waals surface area contributed by atoms with Gasteiger partial charge >= 0.3 is 0 Å². The van der Waals surface area contributed by atoms with Gasteiger partial charge in [-0.3, -0.25) is 0 Å². The molecule has 0 spiro atoms. The second-order valence-electron chi connectivity index (χ2n) is 4.01. The lowest BCUT2D eigenvalue weighted by molar-refractivity contribution is 0.421. The molecule has 1 aromatic heterocycles. The maximum absolute atomic E-state index is 11.2. The largest absolute Gasteiger partial charge is 0.448 e. The highest BCUT2D eigenvalue weighted by Crippen LogP contribution is 2.15. The summed E-state index contributed by atoms with van der Waals surface area (Å²) in [7, 11) is -2.78. The predicted octanol–water partition coefficient (Wildman–Crippen LogP) is 1.60. The normalized spacial score (nSPS) is 21.1. The molecule has 2 rings (SSSR count). The molecule has 16 heavy (non-hydrogen) atoms.